The van der Waals surface area contributed by atoms with Gasteiger partial charge in [-0.3, -0.25) is 9.59 Å². The van der Waals surface area contributed by atoms with Crippen molar-refractivity contribution in [2.24, 2.45) is 0 Å². The molecule has 0 aliphatic carbocycles. The molecule has 0 N–H and O–H groups in total. The van der Waals surface area contributed by atoms with Crippen LogP contribution in [-0.2, 0) is 9.59 Å². The fourth-order valence-corrected chi connectivity index (χ4v) is 2.08. The van der Waals surface area contributed by atoms with Crippen LogP contribution in [0.15, 0.2) is 23.8 Å². The Morgan fingerprint density at radius 3 is 2.40 bits per heavy atom. The summed E-state index contributed by atoms with van der Waals surface area (Å²) in [6.07, 6.45) is 1.82. The number of carbonyl (C=O) groups excluding carboxylic acids is 2. The van der Waals surface area contributed by atoms with E-state index in [1.807, 2.05) is 19.0 Å². The second kappa shape index (κ2) is 7.58. The summed E-state index contributed by atoms with van der Waals surface area (Å²) in [7, 11) is 3.75. The third-order valence-corrected chi connectivity index (χ3v) is 3.29. The van der Waals surface area contributed by atoms with Crippen molar-refractivity contribution in [2.75, 3.05) is 20.6 Å². The summed E-state index contributed by atoms with van der Waals surface area (Å²) < 4.78 is 0. The number of hydrogen-bond donors (Lipinski definition) is 0. The average molecular weight is 314 g/mol. The van der Waals surface area contributed by atoms with E-state index in [9.17, 15) is 9.59 Å². The molecule has 0 saturated carbocycles. The van der Waals surface area contributed by atoms with Crippen LogP contribution in [0.3, 0.4) is 0 Å². The first-order valence-corrected chi connectivity index (χ1v) is 6.92. The quantitative estimate of drug-likeness (QED) is 0.458. The van der Waals surface area contributed by atoms with Crippen LogP contribution in [0.1, 0.15) is 18.9 Å². The van der Waals surface area contributed by atoms with Gasteiger partial charge >= 0.3 is 0 Å². The number of allylic oxidation sites excluding steroid dienone is 1. The average Bonchev–Trinajstić information content (AvgIpc) is 2.34. The molecule has 3 nitrogen and oxygen atoms in total. The van der Waals surface area contributed by atoms with Gasteiger partial charge in [-0.05, 0) is 44.8 Å². The fourth-order valence-electron chi connectivity index (χ4n) is 1.61. The van der Waals surface area contributed by atoms with Crippen LogP contribution >= 0.6 is 23.2 Å². The highest BCUT2D eigenvalue weighted by Crippen LogP contribution is 2.23. The summed E-state index contributed by atoms with van der Waals surface area (Å²) >= 11 is 11.9. The van der Waals surface area contributed by atoms with Crippen LogP contribution in [0, 0.1) is 0 Å². The lowest BCUT2D eigenvalue weighted by atomic mass is 10.0. The van der Waals surface area contributed by atoms with E-state index >= 15 is 0 Å². The Kier molecular flexibility index (Phi) is 6.40. The minimum Gasteiger partial charge on any atom is -0.309 e. The van der Waals surface area contributed by atoms with Crippen molar-refractivity contribution >= 4 is 40.8 Å². The standard InChI is InChI=1S/C15H17Cl2NO2/c1-10(19)13(15(20)6-7-18(2)3)8-11-4-5-12(16)9-14(11)17/h4-5,8-9H,6-7H2,1-3H3/b13-8-. The Labute approximate surface area is 129 Å². The largest absolute Gasteiger partial charge is 0.309 e. The van der Waals surface area contributed by atoms with E-state index in [1.165, 1.54) is 13.0 Å². The van der Waals surface area contributed by atoms with Gasteiger partial charge in [-0.25, -0.2) is 0 Å². The van der Waals surface area contributed by atoms with Crippen molar-refractivity contribution in [3.63, 3.8) is 0 Å². The molecule has 1 rings (SSSR count). The number of nitrogens with zero attached hydrogens (tertiary/aromatic N) is 1. The van der Waals surface area contributed by atoms with Crippen LogP contribution in [0.2, 0.25) is 10.0 Å². The molecule has 0 amide bonds. The fraction of sp³-hybridized carbons (Fsp3) is 0.333. The van der Waals surface area contributed by atoms with Gasteiger partial charge in [0.2, 0.25) is 0 Å². The van der Waals surface area contributed by atoms with Gasteiger partial charge in [-0.2, -0.15) is 0 Å². The van der Waals surface area contributed by atoms with E-state index in [-0.39, 0.29) is 17.1 Å². The maximum absolute atomic E-state index is 12.1. The number of ketones is 2. The molecule has 0 saturated heterocycles. The molecule has 1 aromatic carbocycles. The predicted octanol–water partition coefficient (Wildman–Crippen LogP) is 3.49. The van der Waals surface area contributed by atoms with Gasteiger partial charge in [0.05, 0.1) is 5.57 Å². The molecular formula is C15H17Cl2NO2. The molecule has 0 atom stereocenters. The van der Waals surface area contributed by atoms with Gasteiger partial charge in [-0.15, -0.1) is 0 Å². The highest BCUT2D eigenvalue weighted by atomic mass is 35.5. The molecule has 0 aliphatic heterocycles. The number of carbonyl (C=O) groups is 2. The SMILES string of the molecule is CC(=O)/C(=C/c1ccc(Cl)cc1Cl)C(=O)CCN(C)C. The summed E-state index contributed by atoms with van der Waals surface area (Å²) in [5.74, 6) is -0.447. The molecule has 1 aromatic rings. The van der Waals surface area contributed by atoms with Crippen molar-refractivity contribution in [3.8, 4) is 0 Å². The second-order valence-electron chi connectivity index (χ2n) is 4.76. The van der Waals surface area contributed by atoms with Gasteiger partial charge < -0.3 is 4.90 Å². The van der Waals surface area contributed by atoms with Gasteiger partial charge in [0.15, 0.2) is 11.6 Å². The Morgan fingerprint density at radius 1 is 1.25 bits per heavy atom. The second-order valence-corrected chi connectivity index (χ2v) is 5.60. The Balaban J connectivity index is 3.04. The lowest BCUT2D eigenvalue weighted by Gasteiger charge is -2.09. The molecule has 0 bridgehead atoms. The van der Waals surface area contributed by atoms with E-state index in [1.54, 1.807) is 18.2 Å². The minimum atomic E-state index is -0.264. The van der Waals surface area contributed by atoms with Gasteiger partial charge in [0.25, 0.3) is 0 Å². The zero-order valence-electron chi connectivity index (χ0n) is 11.7. The summed E-state index contributed by atoms with van der Waals surface area (Å²) in [6.45, 7) is 1.97. The number of hydrogen-bond acceptors (Lipinski definition) is 3. The number of benzene rings is 1. The highest BCUT2D eigenvalue weighted by Gasteiger charge is 2.15. The first-order valence-electron chi connectivity index (χ1n) is 6.17. The van der Waals surface area contributed by atoms with Crippen LogP contribution in [0.4, 0.5) is 0 Å². The van der Waals surface area contributed by atoms with Gasteiger partial charge in [-0.1, -0.05) is 29.3 Å². The smallest absolute Gasteiger partial charge is 0.167 e. The van der Waals surface area contributed by atoms with Crippen LogP contribution < -0.4 is 0 Å². The Morgan fingerprint density at radius 2 is 1.90 bits per heavy atom. The molecule has 0 aromatic heterocycles. The van der Waals surface area contributed by atoms with Crippen molar-refractivity contribution < 1.29 is 9.59 Å². The van der Waals surface area contributed by atoms with E-state index in [2.05, 4.69) is 0 Å². The Bertz CT molecular complexity index is 551. The number of rotatable bonds is 6. The van der Waals surface area contributed by atoms with Gasteiger partial charge in [0, 0.05) is 23.0 Å². The zero-order valence-corrected chi connectivity index (χ0v) is 13.3. The molecule has 5 heteroatoms. The van der Waals surface area contributed by atoms with Gasteiger partial charge in [0.1, 0.15) is 0 Å². The molecule has 0 unspecified atom stereocenters. The molecule has 0 radical (unpaired) electrons. The van der Waals surface area contributed by atoms with Crippen LogP contribution in [0.25, 0.3) is 6.08 Å². The van der Waals surface area contributed by atoms with Crippen LogP contribution in [0.5, 0.6) is 0 Å². The summed E-state index contributed by atoms with van der Waals surface area (Å²) in [5, 5.41) is 0.923. The summed E-state index contributed by atoms with van der Waals surface area (Å²) in [5.41, 5.74) is 0.774. The lowest BCUT2D eigenvalue weighted by molar-refractivity contribution is -0.120. The van der Waals surface area contributed by atoms with E-state index < -0.39 is 0 Å². The Hall–Kier alpha value is -1.16. The number of halogens is 2. The molecule has 0 fully saturated rings. The predicted molar refractivity (Wildman–Crippen MR) is 83.3 cm³/mol. The minimum absolute atomic E-state index is 0.163. The molecule has 0 heterocycles. The first-order chi connectivity index (χ1) is 9.31. The van der Waals surface area contributed by atoms with Crippen molar-refractivity contribution in [3.05, 3.63) is 39.4 Å². The highest BCUT2D eigenvalue weighted by molar-refractivity contribution is 6.36. The number of Topliss-reactive ketones (excluding diaryl/α,β-unsaturated/α-hetero) is 2. The molecule has 0 spiro atoms. The summed E-state index contributed by atoms with van der Waals surface area (Å²) in [6, 6.07) is 4.94. The van der Waals surface area contributed by atoms with Crippen molar-refractivity contribution in [1.82, 2.24) is 4.90 Å². The van der Waals surface area contributed by atoms with E-state index in [4.69, 9.17) is 23.2 Å². The summed E-state index contributed by atoms with van der Waals surface area (Å²) in [4.78, 5) is 25.6. The zero-order chi connectivity index (χ0) is 15.3. The van der Waals surface area contributed by atoms with E-state index in [0.717, 1.165) is 0 Å². The maximum atomic E-state index is 12.1. The van der Waals surface area contributed by atoms with E-state index in [0.29, 0.717) is 28.6 Å². The van der Waals surface area contributed by atoms with Crippen LogP contribution in [-0.4, -0.2) is 37.1 Å². The topological polar surface area (TPSA) is 37.4 Å². The van der Waals surface area contributed by atoms with Crippen molar-refractivity contribution in [1.29, 1.82) is 0 Å². The lowest BCUT2D eigenvalue weighted by Crippen LogP contribution is -2.19. The molecule has 108 valence electrons. The van der Waals surface area contributed by atoms with Crippen molar-refractivity contribution in [2.45, 2.75) is 13.3 Å². The molecule has 20 heavy (non-hydrogen) atoms. The first kappa shape index (κ1) is 16.9. The molecule has 0 aliphatic rings. The third kappa shape index (κ3) is 5.08. The maximum Gasteiger partial charge on any atom is 0.167 e. The monoisotopic (exact) mass is 313 g/mol. The normalized spacial score (nSPS) is 11.8. The molecular weight excluding hydrogens is 297 g/mol. The third-order valence-electron chi connectivity index (χ3n) is 2.73.